The molecule has 1 amide bonds. The van der Waals surface area contributed by atoms with Gasteiger partial charge in [0.25, 0.3) is 5.91 Å². The molecule has 0 radical (unpaired) electrons. The van der Waals surface area contributed by atoms with Crippen LogP contribution in [0.4, 0.5) is 0 Å². The van der Waals surface area contributed by atoms with Gasteiger partial charge in [0.15, 0.2) is 0 Å². The number of rotatable bonds is 2. The van der Waals surface area contributed by atoms with Crippen LogP contribution in [-0.4, -0.2) is 45.9 Å². The van der Waals surface area contributed by atoms with Gasteiger partial charge in [-0.05, 0) is 36.3 Å². The van der Waals surface area contributed by atoms with Crippen LogP contribution in [0.25, 0.3) is 0 Å². The molecule has 23 heavy (non-hydrogen) atoms. The lowest BCUT2D eigenvalue weighted by atomic mass is 9.85. The molecule has 0 saturated carbocycles. The fourth-order valence-electron chi connectivity index (χ4n) is 3.82. The molecule has 1 spiro atoms. The quantitative estimate of drug-likeness (QED) is 0.850. The van der Waals surface area contributed by atoms with E-state index in [1.807, 2.05) is 40.3 Å². The monoisotopic (exact) mass is 331 g/mol. The Morgan fingerprint density at radius 3 is 3.17 bits per heavy atom. The molecule has 2 aliphatic heterocycles. The van der Waals surface area contributed by atoms with E-state index in [2.05, 4.69) is 11.3 Å². The summed E-state index contributed by atoms with van der Waals surface area (Å²) in [6, 6.07) is 3.84. The largest absolute Gasteiger partial charge is 0.372 e. The minimum Gasteiger partial charge on any atom is -0.372 e. The van der Waals surface area contributed by atoms with Crippen molar-refractivity contribution >= 4 is 17.2 Å². The zero-order chi connectivity index (χ0) is 15.9. The summed E-state index contributed by atoms with van der Waals surface area (Å²) in [5, 5.41) is 6.23. The Bertz CT molecular complexity index is 697. The molecular weight excluding hydrogens is 310 g/mol. The predicted octanol–water partition coefficient (Wildman–Crippen LogP) is 2.66. The van der Waals surface area contributed by atoms with E-state index in [9.17, 15) is 4.79 Å². The van der Waals surface area contributed by atoms with Crippen LogP contribution in [0, 0.1) is 0 Å². The first-order chi connectivity index (χ1) is 11.2. The van der Waals surface area contributed by atoms with Gasteiger partial charge >= 0.3 is 0 Å². The minimum absolute atomic E-state index is 0.146. The van der Waals surface area contributed by atoms with Gasteiger partial charge in [0.1, 0.15) is 0 Å². The molecular formula is C17H21N3O2S. The van der Waals surface area contributed by atoms with Crippen molar-refractivity contribution < 1.29 is 9.53 Å². The predicted molar refractivity (Wildman–Crippen MR) is 88.7 cm³/mol. The van der Waals surface area contributed by atoms with Gasteiger partial charge < -0.3 is 9.64 Å². The number of aromatic nitrogens is 2. The van der Waals surface area contributed by atoms with E-state index in [1.54, 1.807) is 0 Å². The Morgan fingerprint density at radius 2 is 2.43 bits per heavy atom. The molecule has 0 unspecified atom stereocenters. The maximum Gasteiger partial charge on any atom is 0.264 e. The highest BCUT2D eigenvalue weighted by atomic mass is 32.1. The van der Waals surface area contributed by atoms with Crippen molar-refractivity contribution in [3.63, 3.8) is 0 Å². The Kier molecular flexibility index (Phi) is 3.73. The Hall–Kier alpha value is -1.66. The molecule has 0 aliphatic carbocycles. The second kappa shape index (κ2) is 5.76. The molecule has 122 valence electrons. The summed E-state index contributed by atoms with van der Waals surface area (Å²) in [7, 11) is 1.94. The highest BCUT2D eigenvalue weighted by molar-refractivity contribution is 7.12. The molecule has 4 heterocycles. The zero-order valence-corrected chi connectivity index (χ0v) is 14.1. The van der Waals surface area contributed by atoms with Gasteiger partial charge in [-0.15, -0.1) is 11.3 Å². The molecule has 2 atom stereocenters. The summed E-state index contributed by atoms with van der Waals surface area (Å²) < 4.78 is 8.07. The van der Waals surface area contributed by atoms with Gasteiger partial charge in [-0.1, -0.05) is 6.07 Å². The number of amides is 1. The first-order valence-corrected chi connectivity index (χ1v) is 8.98. The van der Waals surface area contributed by atoms with Crippen LogP contribution in [0.15, 0.2) is 29.9 Å². The summed E-state index contributed by atoms with van der Waals surface area (Å²) >= 11 is 1.51. The first kappa shape index (κ1) is 14.9. The van der Waals surface area contributed by atoms with E-state index in [0.717, 1.165) is 37.3 Å². The Labute approximate surface area is 139 Å². The Balaban J connectivity index is 1.48. The van der Waals surface area contributed by atoms with Crippen LogP contribution < -0.4 is 0 Å². The van der Waals surface area contributed by atoms with Crippen molar-refractivity contribution in [3.8, 4) is 0 Å². The molecule has 2 saturated heterocycles. The molecule has 5 nitrogen and oxygen atoms in total. The lowest BCUT2D eigenvalue weighted by molar-refractivity contribution is -0.0446. The van der Waals surface area contributed by atoms with Crippen LogP contribution >= 0.6 is 11.3 Å². The van der Waals surface area contributed by atoms with E-state index in [4.69, 9.17) is 4.74 Å². The number of piperidine rings is 1. The molecule has 4 rings (SSSR count). The van der Waals surface area contributed by atoms with Crippen molar-refractivity contribution in [3.05, 3.63) is 40.3 Å². The number of carbonyl (C=O) groups excluding carboxylic acids is 1. The van der Waals surface area contributed by atoms with Crippen LogP contribution in [0.1, 0.15) is 40.4 Å². The minimum atomic E-state index is -0.175. The highest BCUT2D eigenvalue weighted by Gasteiger charge is 2.45. The standard InChI is InChI=1S/C17H21N3O2S/c1-19-10-14(9-18-19)13-8-17(22-11-13)5-3-6-20(12-17)16(21)15-4-2-7-23-15/h2,4,7,9-10,13H,3,5-6,8,11-12H2,1H3/t13-,17+/m0/s1. The van der Waals surface area contributed by atoms with E-state index >= 15 is 0 Å². The maximum atomic E-state index is 12.6. The van der Waals surface area contributed by atoms with Gasteiger partial charge in [0.05, 0.1) is 29.8 Å². The fraction of sp³-hybridized carbons (Fsp3) is 0.529. The molecule has 2 fully saturated rings. The molecule has 0 bridgehead atoms. The molecule has 2 aromatic heterocycles. The number of aryl methyl sites for hydroxylation is 1. The van der Waals surface area contributed by atoms with E-state index in [-0.39, 0.29) is 11.5 Å². The van der Waals surface area contributed by atoms with Crippen molar-refractivity contribution in [2.45, 2.75) is 30.8 Å². The number of nitrogens with zero attached hydrogens (tertiary/aromatic N) is 3. The second-order valence-electron chi connectivity index (χ2n) is 6.65. The summed E-state index contributed by atoms with van der Waals surface area (Å²) in [4.78, 5) is 15.4. The Morgan fingerprint density at radius 1 is 1.52 bits per heavy atom. The molecule has 2 aliphatic rings. The molecule has 6 heteroatoms. The first-order valence-electron chi connectivity index (χ1n) is 8.10. The van der Waals surface area contributed by atoms with Gasteiger partial charge in [0.2, 0.25) is 0 Å². The summed E-state index contributed by atoms with van der Waals surface area (Å²) in [5.41, 5.74) is 1.07. The van der Waals surface area contributed by atoms with Crippen molar-refractivity contribution in [1.82, 2.24) is 14.7 Å². The number of thiophene rings is 1. The van der Waals surface area contributed by atoms with E-state index < -0.39 is 0 Å². The fourth-order valence-corrected chi connectivity index (χ4v) is 4.51. The smallest absolute Gasteiger partial charge is 0.264 e. The third-order valence-electron chi connectivity index (χ3n) is 4.96. The van der Waals surface area contributed by atoms with Gasteiger partial charge in [-0.2, -0.15) is 5.10 Å². The van der Waals surface area contributed by atoms with Crippen molar-refractivity contribution in [2.75, 3.05) is 19.7 Å². The van der Waals surface area contributed by atoms with Crippen LogP contribution in [0.3, 0.4) is 0 Å². The van der Waals surface area contributed by atoms with Gasteiger partial charge in [-0.25, -0.2) is 0 Å². The number of carbonyl (C=O) groups is 1. The van der Waals surface area contributed by atoms with Gasteiger partial charge in [0, 0.05) is 25.7 Å². The number of ether oxygens (including phenoxy) is 1. The SMILES string of the molecule is Cn1cc([C@@H]2CO[C@]3(CCCN(C(=O)c4cccs4)C3)C2)cn1. The van der Waals surface area contributed by atoms with Crippen LogP contribution in [0.2, 0.25) is 0 Å². The zero-order valence-electron chi connectivity index (χ0n) is 13.3. The summed E-state index contributed by atoms with van der Waals surface area (Å²) in [6.45, 7) is 2.27. The van der Waals surface area contributed by atoms with Gasteiger partial charge in [-0.3, -0.25) is 9.48 Å². The third kappa shape index (κ3) is 2.81. The average Bonchev–Trinajstić information content (AvgIpc) is 3.28. The third-order valence-corrected chi connectivity index (χ3v) is 5.82. The molecule has 0 N–H and O–H groups in total. The lowest BCUT2D eigenvalue weighted by Gasteiger charge is -2.39. The van der Waals surface area contributed by atoms with Crippen molar-refractivity contribution in [2.24, 2.45) is 7.05 Å². The topological polar surface area (TPSA) is 47.4 Å². The average molecular weight is 331 g/mol. The molecule has 2 aromatic rings. The maximum absolute atomic E-state index is 12.6. The van der Waals surface area contributed by atoms with Crippen LogP contribution in [0.5, 0.6) is 0 Å². The molecule has 0 aromatic carbocycles. The summed E-state index contributed by atoms with van der Waals surface area (Å²) in [6.07, 6.45) is 7.04. The van der Waals surface area contributed by atoms with Crippen molar-refractivity contribution in [1.29, 1.82) is 0 Å². The second-order valence-corrected chi connectivity index (χ2v) is 7.60. The lowest BCUT2D eigenvalue weighted by Crippen LogP contribution is -2.49. The number of hydrogen-bond donors (Lipinski definition) is 0. The van der Waals surface area contributed by atoms with Crippen LogP contribution in [-0.2, 0) is 11.8 Å². The number of likely N-dealkylation sites (tertiary alicyclic amines) is 1. The normalized spacial score (nSPS) is 27.7. The number of hydrogen-bond acceptors (Lipinski definition) is 4. The van der Waals surface area contributed by atoms with E-state index in [1.165, 1.54) is 16.9 Å². The van der Waals surface area contributed by atoms with E-state index in [0.29, 0.717) is 12.5 Å². The highest BCUT2D eigenvalue weighted by Crippen LogP contribution is 2.41. The summed E-state index contributed by atoms with van der Waals surface area (Å²) in [5.74, 6) is 0.535.